The number of anilines is 1. The average Bonchev–Trinajstić information content (AvgIpc) is 2.57. The Hall–Kier alpha value is -1.55. The highest BCUT2D eigenvalue weighted by atomic mass is 16.2. The van der Waals surface area contributed by atoms with Gasteiger partial charge in [0.15, 0.2) is 0 Å². The van der Waals surface area contributed by atoms with E-state index >= 15 is 0 Å². The third-order valence-electron chi connectivity index (χ3n) is 3.10. The fraction of sp³-hybridized carbons (Fsp3) is 0.417. The summed E-state index contributed by atoms with van der Waals surface area (Å²) in [6.45, 7) is 3.29. The van der Waals surface area contributed by atoms with E-state index in [0.717, 1.165) is 17.8 Å². The highest BCUT2D eigenvalue weighted by molar-refractivity contribution is 5.94. The molecule has 1 aliphatic rings. The fourth-order valence-corrected chi connectivity index (χ4v) is 1.91. The minimum atomic E-state index is 0.0571. The first-order valence-corrected chi connectivity index (χ1v) is 5.47. The maximum atomic E-state index is 11.9. The second-order valence-corrected chi connectivity index (χ2v) is 4.23. The molecule has 4 heteroatoms. The van der Waals surface area contributed by atoms with Crippen molar-refractivity contribution >= 4 is 11.7 Å². The van der Waals surface area contributed by atoms with Gasteiger partial charge >= 0.3 is 6.03 Å². The lowest BCUT2D eigenvalue weighted by atomic mass is 10.2. The number of nitrogens with zero attached hydrogens (tertiary/aromatic N) is 2. The predicted octanol–water partition coefficient (Wildman–Crippen LogP) is 1.41. The third-order valence-corrected chi connectivity index (χ3v) is 3.10. The molecule has 1 fully saturated rings. The molecule has 2 N–H and O–H groups in total. The lowest BCUT2D eigenvalue weighted by Gasteiger charge is -2.16. The van der Waals surface area contributed by atoms with E-state index in [1.54, 1.807) is 9.80 Å². The van der Waals surface area contributed by atoms with Crippen LogP contribution in [0, 0.1) is 0 Å². The van der Waals surface area contributed by atoms with E-state index in [1.807, 2.05) is 38.2 Å². The smallest absolute Gasteiger partial charge is 0.324 e. The SMILES string of the molecule is CC1CN(c2cccc(CN)c2)C(=O)N1C. The fourth-order valence-electron chi connectivity index (χ4n) is 1.91. The van der Waals surface area contributed by atoms with Gasteiger partial charge in [0, 0.05) is 31.9 Å². The maximum absolute atomic E-state index is 11.9. The Labute approximate surface area is 95.6 Å². The highest BCUT2D eigenvalue weighted by Gasteiger charge is 2.32. The van der Waals surface area contributed by atoms with Gasteiger partial charge in [-0.2, -0.15) is 0 Å². The van der Waals surface area contributed by atoms with E-state index in [9.17, 15) is 4.79 Å². The summed E-state index contributed by atoms with van der Waals surface area (Å²) in [7, 11) is 1.83. The number of hydrogen-bond donors (Lipinski definition) is 1. The molecule has 1 unspecified atom stereocenters. The van der Waals surface area contributed by atoms with Crippen LogP contribution in [0.4, 0.5) is 10.5 Å². The van der Waals surface area contributed by atoms with Crippen LogP contribution >= 0.6 is 0 Å². The quantitative estimate of drug-likeness (QED) is 0.817. The van der Waals surface area contributed by atoms with Gasteiger partial charge in [-0.15, -0.1) is 0 Å². The topological polar surface area (TPSA) is 49.6 Å². The van der Waals surface area contributed by atoms with E-state index in [2.05, 4.69) is 0 Å². The van der Waals surface area contributed by atoms with Gasteiger partial charge in [0.25, 0.3) is 0 Å². The van der Waals surface area contributed by atoms with Gasteiger partial charge in [-0.05, 0) is 24.6 Å². The number of urea groups is 1. The van der Waals surface area contributed by atoms with Crippen molar-refractivity contribution in [2.24, 2.45) is 5.73 Å². The van der Waals surface area contributed by atoms with Crippen molar-refractivity contribution in [3.63, 3.8) is 0 Å². The van der Waals surface area contributed by atoms with Gasteiger partial charge in [0.05, 0.1) is 0 Å². The summed E-state index contributed by atoms with van der Waals surface area (Å²) in [5.41, 5.74) is 7.58. The Balaban J connectivity index is 2.28. The molecule has 0 saturated carbocycles. The minimum absolute atomic E-state index is 0.0571. The van der Waals surface area contributed by atoms with Crippen LogP contribution in [0.25, 0.3) is 0 Å². The van der Waals surface area contributed by atoms with Crippen LogP contribution in [0.15, 0.2) is 24.3 Å². The second kappa shape index (κ2) is 4.14. The molecule has 0 aromatic heterocycles. The number of carbonyl (C=O) groups excluding carboxylic acids is 1. The zero-order valence-electron chi connectivity index (χ0n) is 9.68. The van der Waals surface area contributed by atoms with E-state index in [0.29, 0.717) is 6.54 Å². The molecule has 0 spiro atoms. The standard InChI is InChI=1S/C12H17N3O/c1-9-8-15(12(16)14(9)2)11-5-3-4-10(6-11)7-13/h3-6,9H,7-8,13H2,1-2H3. The summed E-state index contributed by atoms with van der Waals surface area (Å²) in [5.74, 6) is 0. The van der Waals surface area contributed by atoms with Gasteiger partial charge in [-0.25, -0.2) is 4.79 Å². The number of rotatable bonds is 2. The molecule has 1 saturated heterocycles. The lowest BCUT2D eigenvalue weighted by molar-refractivity contribution is 0.221. The van der Waals surface area contributed by atoms with Gasteiger partial charge in [0.2, 0.25) is 0 Å². The summed E-state index contributed by atoms with van der Waals surface area (Å²) in [6, 6.07) is 8.15. The summed E-state index contributed by atoms with van der Waals surface area (Å²) in [5, 5.41) is 0. The van der Waals surface area contributed by atoms with Crippen LogP contribution in [-0.4, -0.2) is 30.6 Å². The molecule has 1 aromatic carbocycles. The van der Waals surface area contributed by atoms with E-state index < -0.39 is 0 Å². The molecular weight excluding hydrogens is 202 g/mol. The Kier molecular flexibility index (Phi) is 2.83. The molecule has 1 atom stereocenters. The van der Waals surface area contributed by atoms with Crippen LogP contribution in [0.1, 0.15) is 12.5 Å². The molecule has 86 valence electrons. The highest BCUT2D eigenvalue weighted by Crippen LogP contribution is 2.23. The number of amides is 2. The van der Waals surface area contributed by atoms with Gasteiger partial charge in [0.1, 0.15) is 0 Å². The first-order valence-electron chi connectivity index (χ1n) is 5.47. The van der Waals surface area contributed by atoms with Crippen LogP contribution in [-0.2, 0) is 6.54 Å². The molecule has 2 amide bonds. The van der Waals surface area contributed by atoms with Crippen molar-refractivity contribution < 1.29 is 4.79 Å². The number of carbonyl (C=O) groups is 1. The van der Waals surface area contributed by atoms with Crippen molar-refractivity contribution in [3.05, 3.63) is 29.8 Å². The minimum Gasteiger partial charge on any atom is -0.326 e. The van der Waals surface area contributed by atoms with E-state index in [-0.39, 0.29) is 12.1 Å². The Morgan fingerprint density at radius 2 is 2.25 bits per heavy atom. The number of hydrogen-bond acceptors (Lipinski definition) is 2. The average molecular weight is 219 g/mol. The largest absolute Gasteiger partial charge is 0.326 e. The van der Waals surface area contributed by atoms with E-state index in [1.165, 1.54) is 0 Å². The van der Waals surface area contributed by atoms with Crippen LogP contribution in [0.5, 0.6) is 0 Å². The van der Waals surface area contributed by atoms with Crippen LogP contribution < -0.4 is 10.6 Å². The summed E-state index contributed by atoms with van der Waals surface area (Å²) in [6.07, 6.45) is 0. The predicted molar refractivity (Wildman–Crippen MR) is 64.3 cm³/mol. The van der Waals surface area contributed by atoms with Crippen LogP contribution in [0.2, 0.25) is 0 Å². The van der Waals surface area contributed by atoms with Gasteiger partial charge < -0.3 is 10.6 Å². The third kappa shape index (κ3) is 1.76. The molecule has 4 nitrogen and oxygen atoms in total. The van der Waals surface area contributed by atoms with Gasteiger partial charge in [-0.1, -0.05) is 12.1 Å². The molecule has 16 heavy (non-hydrogen) atoms. The summed E-state index contributed by atoms with van der Waals surface area (Å²) >= 11 is 0. The zero-order chi connectivity index (χ0) is 11.7. The molecule has 1 aliphatic heterocycles. The van der Waals surface area contributed by atoms with Crippen molar-refractivity contribution in [3.8, 4) is 0 Å². The second-order valence-electron chi connectivity index (χ2n) is 4.23. The molecule has 1 heterocycles. The Bertz CT molecular complexity index is 405. The lowest BCUT2D eigenvalue weighted by Crippen LogP contribution is -2.30. The summed E-state index contributed by atoms with van der Waals surface area (Å²) in [4.78, 5) is 15.5. The Morgan fingerprint density at radius 3 is 2.81 bits per heavy atom. The Morgan fingerprint density at radius 1 is 1.50 bits per heavy atom. The molecule has 1 aromatic rings. The van der Waals surface area contributed by atoms with E-state index in [4.69, 9.17) is 5.73 Å². The van der Waals surface area contributed by atoms with Gasteiger partial charge in [-0.3, -0.25) is 4.90 Å². The monoisotopic (exact) mass is 219 g/mol. The number of benzene rings is 1. The normalized spacial score (nSPS) is 20.7. The zero-order valence-corrected chi connectivity index (χ0v) is 9.68. The van der Waals surface area contributed by atoms with Crippen molar-refractivity contribution in [2.45, 2.75) is 19.5 Å². The van der Waals surface area contributed by atoms with Crippen molar-refractivity contribution in [1.82, 2.24) is 4.90 Å². The molecular formula is C12H17N3O. The molecule has 0 radical (unpaired) electrons. The molecule has 0 aliphatic carbocycles. The molecule has 2 rings (SSSR count). The summed E-state index contributed by atoms with van der Waals surface area (Å²) < 4.78 is 0. The first-order chi connectivity index (χ1) is 7.63. The van der Waals surface area contributed by atoms with Crippen molar-refractivity contribution in [1.29, 1.82) is 0 Å². The number of likely N-dealkylation sites (N-methyl/N-ethyl adjacent to an activating group) is 1. The van der Waals surface area contributed by atoms with Crippen molar-refractivity contribution in [2.75, 3.05) is 18.5 Å². The number of nitrogens with two attached hydrogens (primary N) is 1. The first kappa shape index (κ1) is 11.0. The molecule has 0 bridgehead atoms. The maximum Gasteiger partial charge on any atom is 0.324 e. The van der Waals surface area contributed by atoms with Crippen LogP contribution in [0.3, 0.4) is 0 Å².